The zero-order valence-electron chi connectivity index (χ0n) is 17.9. The molecular formula is C22H25N5O3S2. The van der Waals surface area contributed by atoms with Gasteiger partial charge in [0.2, 0.25) is 0 Å². The molecule has 8 nitrogen and oxygen atoms in total. The number of aliphatic hydroxyl groups is 1. The highest BCUT2D eigenvalue weighted by Crippen LogP contribution is 2.33. The molecule has 0 atom stereocenters. The highest BCUT2D eigenvalue weighted by atomic mass is 32.2. The summed E-state index contributed by atoms with van der Waals surface area (Å²) < 4.78 is 1.97. The number of anilines is 1. The maximum atomic E-state index is 13.5. The molecule has 0 spiro atoms. The molecule has 168 valence electrons. The number of β-amino-alcohol motifs (C(OH)–C–C–N with tert-alkyl or cyclic N) is 1. The highest BCUT2D eigenvalue weighted by molar-refractivity contribution is 8.26. The summed E-state index contributed by atoms with van der Waals surface area (Å²) in [5.74, 6) is 0.337. The Morgan fingerprint density at radius 1 is 1.25 bits per heavy atom. The first kappa shape index (κ1) is 22.7. The van der Waals surface area contributed by atoms with E-state index >= 15 is 0 Å². The number of hydrogen-bond acceptors (Lipinski definition) is 8. The van der Waals surface area contributed by atoms with Crippen molar-refractivity contribution in [2.24, 2.45) is 0 Å². The van der Waals surface area contributed by atoms with Gasteiger partial charge in [0, 0.05) is 45.5 Å². The number of thiocarbonyl (C=S) groups is 1. The van der Waals surface area contributed by atoms with Crippen LogP contribution in [0.2, 0.25) is 0 Å². The Balaban J connectivity index is 1.80. The van der Waals surface area contributed by atoms with Gasteiger partial charge in [-0.15, -0.1) is 6.58 Å². The Morgan fingerprint density at radius 3 is 2.69 bits per heavy atom. The third kappa shape index (κ3) is 4.36. The van der Waals surface area contributed by atoms with Crippen LogP contribution in [0.1, 0.15) is 11.1 Å². The number of fused-ring (bicyclic) bond motifs is 1. The van der Waals surface area contributed by atoms with Crippen molar-refractivity contribution in [3.63, 3.8) is 0 Å². The fourth-order valence-corrected chi connectivity index (χ4v) is 5.11. The molecule has 4 heterocycles. The predicted octanol–water partition coefficient (Wildman–Crippen LogP) is 1.50. The van der Waals surface area contributed by atoms with E-state index in [1.807, 2.05) is 19.1 Å². The zero-order valence-corrected chi connectivity index (χ0v) is 19.5. The first-order valence-corrected chi connectivity index (χ1v) is 11.6. The summed E-state index contributed by atoms with van der Waals surface area (Å²) in [6.45, 7) is 9.54. The van der Waals surface area contributed by atoms with Gasteiger partial charge in [0.05, 0.1) is 17.1 Å². The lowest BCUT2D eigenvalue weighted by atomic mass is 10.2. The molecule has 0 unspecified atom stereocenters. The number of pyridine rings is 1. The van der Waals surface area contributed by atoms with Gasteiger partial charge in [-0.3, -0.25) is 23.8 Å². The third-order valence-corrected chi connectivity index (χ3v) is 6.91. The van der Waals surface area contributed by atoms with Crippen molar-refractivity contribution in [2.75, 3.05) is 50.8 Å². The van der Waals surface area contributed by atoms with Crippen LogP contribution in [0, 0.1) is 6.92 Å². The number of aryl methyl sites for hydroxylation is 1. The lowest BCUT2D eigenvalue weighted by Gasteiger charge is -2.35. The lowest BCUT2D eigenvalue weighted by Crippen LogP contribution is -2.48. The van der Waals surface area contributed by atoms with Crippen LogP contribution in [0.15, 0.2) is 40.7 Å². The fourth-order valence-electron chi connectivity index (χ4n) is 3.86. The molecule has 2 aliphatic rings. The molecule has 2 aromatic heterocycles. The average Bonchev–Trinajstić information content (AvgIpc) is 3.04. The van der Waals surface area contributed by atoms with Crippen LogP contribution in [0.5, 0.6) is 0 Å². The maximum absolute atomic E-state index is 13.5. The second-order valence-corrected chi connectivity index (χ2v) is 9.40. The van der Waals surface area contributed by atoms with Crippen molar-refractivity contribution in [2.45, 2.75) is 6.92 Å². The van der Waals surface area contributed by atoms with E-state index in [2.05, 4.69) is 16.4 Å². The van der Waals surface area contributed by atoms with Gasteiger partial charge in [0.1, 0.15) is 15.8 Å². The Kier molecular flexibility index (Phi) is 6.75. The Hall–Kier alpha value is -2.53. The van der Waals surface area contributed by atoms with Crippen molar-refractivity contribution in [3.05, 3.63) is 57.4 Å². The van der Waals surface area contributed by atoms with E-state index < -0.39 is 0 Å². The first-order valence-electron chi connectivity index (χ1n) is 10.4. The Morgan fingerprint density at radius 2 is 2.00 bits per heavy atom. The number of nitrogens with zero attached hydrogens (tertiary/aromatic N) is 5. The minimum absolute atomic E-state index is 0.118. The molecular weight excluding hydrogens is 446 g/mol. The molecule has 0 radical (unpaired) electrons. The van der Waals surface area contributed by atoms with Crippen molar-refractivity contribution >= 4 is 51.7 Å². The van der Waals surface area contributed by atoms with Gasteiger partial charge in [-0.05, 0) is 24.6 Å². The summed E-state index contributed by atoms with van der Waals surface area (Å²) in [4.78, 5) is 37.3. The summed E-state index contributed by atoms with van der Waals surface area (Å²) in [5, 5.41) is 9.21. The molecule has 0 aromatic carbocycles. The number of hydrogen-bond donors (Lipinski definition) is 1. The second kappa shape index (κ2) is 9.53. The van der Waals surface area contributed by atoms with Crippen molar-refractivity contribution < 1.29 is 9.90 Å². The fraction of sp³-hybridized carbons (Fsp3) is 0.364. The van der Waals surface area contributed by atoms with Gasteiger partial charge in [-0.2, -0.15) is 0 Å². The molecule has 0 aliphatic carbocycles. The van der Waals surface area contributed by atoms with Gasteiger partial charge in [0.25, 0.3) is 11.5 Å². The Bertz CT molecular complexity index is 1170. The van der Waals surface area contributed by atoms with Crippen LogP contribution in [-0.2, 0) is 4.79 Å². The number of amides is 1. The van der Waals surface area contributed by atoms with Gasteiger partial charge < -0.3 is 10.0 Å². The van der Waals surface area contributed by atoms with Gasteiger partial charge in [-0.25, -0.2) is 4.98 Å². The van der Waals surface area contributed by atoms with Crippen molar-refractivity contribution in [1.29, 1.82) is 0 Å². The van der Waals surface area contributed by atoms with Crippen molar-refractivity contribution in [1.82, 2.24) is 19.2 Å². The Labute approximate surface area is 195 Å². The second-order valence-electron chi connectivity index (χ2n) is 7.72. The van der Waals surface area contributed by atoms with Crippen LogP contribution in [0.4, 0.5) is 5.82 Å². The highest BCUT2D eigenvalue weighted by Gasteiger charge is 2.32. The summed E-state index contributed by atoms with van der Waals surface area (Å²) in [5.41, 5.74) is 1.66. The molecule has 1 N–H and O–H groups in total. The largest absolute Gasteiger partial charge is 0.395 e. The molecule has 4 rings (SSSR count). The molecule has 2 aromatic rings. The van der Waals surface area contributed by atoms with Gasteiger partial charge in [-0.1, -0.05) is 36.1 Å². The van der Waals surface area contributed by atoms with Crippen LogP contribution in [0.25, 0.3) is 11.7 Å². The molecule has 2 saturated heterocycles. The lowest BCUT2D eigenvalue weighted by molar-refractivity contribution is -0.121. The standard InChI is InChI=1S/C22H25N5O3S2/c1-3-6-26-21(30)17(32-22(26)31)13-16-19(25-9-7-24(8-10-25)11-12-28)23-18-5-4-15(2)14-27(18)20(16)29/h3-5,13-14,28H,1,6-12H2,2H3. The number of rotatable bonds is 6. The van der Waals surface area contributed by atoms with Gasteiger partial charge in [0.15, 0.2) is 0 Å². The average molecular weight is 472 g/mol. The predicted molar refractivity (Wildman–Crippen MR) is 132 cm³/mol. The number of aromatic nitrogens is 2. The van der Waals surface area contributed by atoms with E-state index in [9.17, 15) is 14.7 Å². The minimum atomic E-state index is -0.229. The molecule has 32 heavy (non-hydrogen) atoms. The normalized spacial score (nSPS) is 18.9. The van der Waals surface area contributed by atoms with Crippen molar-refractivity contribution in [3.8, 4) is 0 Å². The van der Waals surface area contributed by atoms with E-state index in [1.165, 1.54) is 21.1 Å². The molecule has 0 bridgehead atoms. The number of aliphatic hydroxyl groups excluding tert-OH is 1. The molecule has 10 heteroatoms. The number of piperazine rings is 1. The van der Waals surface area contributed by atoms with Crippen LogP contribution in [0.3, 0.4) is 0 Å². The van der Waals surface area contributed by atoms with E-state index in [4.69, 9.17) is 17.2 Å². The molecule has 0 saturated carbocycles. The summed E-state index contributed by atoms with van der Waals surface area (Å²) in [7, 11) is 0. The summed E-state index contributed by atoms with van der Waals surface area (Å²) >= 11 is 6.53. The monoisotopic (exact) mass is 471 g/mol. The molecule has 2 aliphatic heterocycles. The van der Waals surface area contributed by atoms with E-state index in [0.717, 1.165) is 18.7 Å². The SMILES string of the molecule is C=CCN1C(=O)C(=Cc2c(N3CCN(CCO)CC3)nc3ccc(C)cn3c2=O)SC1=S. The maximum Gasteiger partial charge on any atom is 0.267 e. The first-order chi connectivity index (χ1) is 15.4. The quantitative estimate of drug-likeness (QED) is 0.386. The van der Waals surface area contributed by atoms with E-state index in [-0.39, 0.29) is 18.1 Å². The number of thioether (sulfide) groups is 1. The summed E-state index contributed by atoms with van der Waals surface area (Å²) in [6.07, 6.45) is 5.01. The smallest absolute Gasteiger partial charge is 0.267 e. The number of carbonyl (C=O) groups is 1. The van der Waals surface area contributed by atoms with Crippen LogP contribution < -0.4 is 10.5 Å². The molecule has 1 amide bonds. The number of carbonyl (C=O) groups excluding carboxylic acids is 1. The zero-order chi connectivity index (χ0) is 22.8. The van der Waals surface area contributed by atoms with E-state index in [0.29, 0.717) is 52.4 Å². The summed E-state index contributed by atoms with van der Waals surface area (Å²) in [6, 6.07) is 3.75. The topological polar surface area (TPSA) is 81.4 Å². The van der Waals surface area contributed by atoms with Crippen LogP contribution in [-0.4, -0.2) is 80.4 Å². The minimum Gasteiger partial charge on any atom is -0.395 e. The van der Waals surface area contributed by atoms with Gasteiger partial charge >= 0.3 is 0 Å². The van der Waals surface area contributed by atoms with E-state index in [1.54, 1.807) is 18.3 Å². The third-order valence-electron chi connectivity index (χ3n) is 5.53. The molecule has 2 fully saturated rings. The van der Waals surface area contributed by atoms with Crippen LogP contribution >= 0.6 is 24.0 Å².